The van der Waals surface area contributed by atoms with E-state index in [2.05, 4.69) is 15.6 Å². The number of nitrogens with zero attached hydrogens (tertiary/aromatic N) is 1. The number of carboxylic acids is 1. The van der Waals surface area contributed by atoms with E-state index in [0.29, 0.717) is 6.42 Å². The van der Waals surface area contributed by atoms with E-state index in [-0.39, 0.29) is 12.5 Å². The number of anilines is 1. The van der Waals surface area contributed by atoms with Gasteiger partial charge in [0, 0.05) is 11.4 Å². The zero-order chi connectivity index (χ0) is 17.6. The van der Waals surface area contributed by atoms with Crippen LogP contribution in [-0.4, -0.2) is 39.8 Å². The van der Waals surface area contributed by atoms with Crippen LogP contribution in [-0.2, 0) is 16.0 Å². The molecule has 7 nitrogen and oxygen atoms in total. The van der Waals surface area contributed by atoms with Crippen molar-refractivity contribution >= 4 is 28.5 Å². The third kappa shape index (κ3) is 7.83. The number of amides is 1. The summed E-state index contributed by atoms with van der Waals surface area (Å²) in [6.45, 7) is 9.21. The number of hydrogen-bond acceptors (Lipinski definition) is 6. The van der Waals surface area contributed by atoms with Crippen LogP contribution in [0.25, 0.3) is 0 Å². The average Bonchev–Trinajstić information content (AvgIpc) is 2.78. The third-order valence-electron chi connectivity index (χ3n) is 2.64. The fourth-order valence-electron chi connectivity index (χ4n) is 1.73. The molecule has 0 aliphatic carbocycles. The van der Waals surface area contributed by atoms with Gasteiger partial charge in [0.25, 0.3) is 0 Å². The second-order valence-electron chi connectivity index (χ2n) is 6.52. The zero-order valence-corrected chi connectivity index (χ0v) is 15.0. The van der Waals surface area contributed by atoms with Crippen molar-refractivity contribution in [2.24, 2.45) is 0 Å². The first kappa shape index (κ1) is 19.2. The first-order valence-electron chi connectivity index (χ1n) is 7.50. The van der Waals surface area contributed by atoms with Crippen LogP contribution in [0.4, 0.5) is 9.93 Å². The molecule has 0 unspecified atom stereocenters. The predicted octanol–water partition coefficient (Wildman–Crippen LogP) is 2.87. The van der Waals surface area contributed by atoms with Gasteiger partial charge in [-0.1, -0.05) is 0 Å². The molecule has 0 saturated heterocycles. The lowest BCUT2D eigenvalue weighted by molar-refractivity contribution is -0.139. The second-order valence-corrected chi connectivity index (χ2v) is 7.38. The van der Waals surface area contributed by atoms with Gasteiger partial charge < -0.3 is 20.5 Å². The molecule has 1 aromatic rings. The Morgan fingerprint density at radius 2 is 2.04 bits per heavy atom. The summed E-state index contributed by atoms with van der Waals surface area (Å²) in [6.07, 6.45) is -0.0204. The van der Waals surface area contributed by atoms with Crippen LogP contribution in [0, 0.1) is 0 Å². The molecule has 0 aliphatic heterocycles. The summed E-state index contributed by atoms with van der Waals surface area (Å²) < 4.78 is 5.08. The average molecular weight is 343 g/mol. The number of carbonyl (C=O) groups is 2. The number of thiazole rings is 1. The number of alkyl carbamates (subject to hydrolysis) is 1. The van der Waals surface area contributed by atoms with E-state index in [1.807, 2.05) is 19.2 Å². The number of nitrogens with one attached hydrogen (secondary N) is 2. The van der Waals surface area contributed by atoms with Gasteiger partial charge in [-0.15, -0.1) is 11.3 Å². The summed E-state index contributed by atoms with van der Waals surface area (Å²) >= 11 is 1.48. The van der Waals surface area contributed by atoms with E-state index in [1.54, 1.807) is 20.8 Å². The van der Waals surface area contributed by atoms with Crippen LogP contribution in [0.5, 0.6) is 0 Å². The minimum Gasteiger partial charge on any atom is -0.480 e. The number of aliphatic carboxylic acids is 1. The molecule has 0 fully saturated rings. The van der Waals surface area contributed by atoms with Gasteiger partial charge in [0.1, 0.15) is 11.6 Å². The van der Waals surface area contributed by atoms with E-state index < -0.39 is 23.7 Å². The fourth-order valence-corrected chi connectivity index (χ4v) is 2.63. The molecule has 8 heteroatoms. The summed E-state index contributed by atoms with van der Waals surface area (Å²) in [4.78, 5) is 27.4. The van der Waals surface area contributed by atoms with Gasteiger partial charge in [-0.25, -0.2) is 14.6 Å². The molecule has 1 aromatic heterocycles. The zero-order valence-electron chi connectivity index (χ0n) is 14.2. The molecule has 1 rings (SSSR count). The summed E-state index contributed by atoms with van der Waals surface area (Å²) in [5.41, 5.74) is 0.134. The number of carboxylic acid groups (broad SMARTS) is 1. The van der Waals surface area contributed by atoms with Crippen LogP contribution < -0.4 is 10.6 Å². The molecule has 1 amide bonds. The molecule has 130 valence electrons. The van der Waals surface area contributed by atoms with E-state index in [0.717, 1.165) is 10.8 Å². The van der Waals surface area contributed by atoms with Gasteiger partial charge in [-0.3, -0.25) is 0 Å². The van der Waals surface area contributed by atoms with Crippen LogP contribution in [0.15, 0.2) is 5.38 Å². The molecule has 0 aromatic carbocycles. The lowest BCUT2D eigenvalue weighted by atomic mass is 10.1. The highest BCUT2D eigenvalue weighted by molar-refractivity contribution is 7.13. The maximum atomic E-state index is 11.7. The van der Waals surface area contributed by atoms with Crippen LogP contribution in [0.2, 0.25) is 0 Å². The topological polar surface area (TPSA) is 101 Å². The van der Waals surface area contributed by atoms with E-state index in [9.17, 15) is 14.7 Å². The van der Waals surface area contributed by atoms with Gasteiger partial charge in [-0.05, 0) is 47.5 Å². The highest BCUT2D eigenvalue weighted by atomic mass is 32.1. The summed E-state index contributed by atoms with van der Waals surface area (Å²) in [5, 5.41) is 17.5. The van der Waals surface area contributed by atoms with Crippen LogP contribution >= 0.6 is 11.3 Å². The molecule has 1 heterocycles. The van der Waals surface area contributed by atoms with E-state index >= 15 is 0 Å². The summed E-state index contributed by atoms with van der Waals surface area (Å²) in [6, 6.07) is -0.720. The Bertz CT molecular complexity index is 537. The monoisotopic (exact) mass is 343 g/mol. The highest BCUT2D eigenvalue weighted by Crippen LogP contribution is 2.18. The lowest BCUT2D eigenvalue weighted by Crippen LogP contribution is -2.43. The number of rotatable bonds is 7. The minimum atomic E-state index is -1.09. The molecule has 0 saturated carbocycles. The first-order chi connectivity index (χ1) is 10.6. The van der Waals surface area contributed by atoms with Crippen molar-refractivity contribution < 1.29 is 19.4 Å². The Morgan fingerprint density at radius 3 is 2.57 bits per heavy atom. The van der Waals surface area contributed by atoms with Gasteiger partial charge in [0.2, 0.25) is 0 Å². The number of carbonyl (C=O) groups excluding carboxylic acids is 1. The molecule has 23 heavy (non-hydrogen) atoms. The molecule has 3 N–H and O–H groups in total. The van der Waals surface area contributed by atoms with Gasteiger partial charge in [0.15, 0.2) is 5.13 Å². The quantitative estimate of drug-likeness (QED) is 0.704. The van der Waals surface area contributed by atoms with Crippen molar-refractivity contribution in [1.82, 2.24) is 10.3 Å². The Morgan fingerprint density at radius 1 is 1.39 bits per heavy atom. The third-order valence-corrected chi connectivity index (χ3v) is 3.46. The molecular weight excluding hydrogens is 318 g/mol. The Hall–Kier alpha value is -1.83. The number of aromatic nitrogens is 1. The Labute approximate surface area is 140 Å². The predicted molar refractivity (Wildman–Crippen MR) is 90.0 cm³/mol. The van der Waals surface area contributed by atoms with Crippen LogP contribution in [0.3, 0.4) is 0 Å². The molecule has 0 bridgehead atoms. The summed E-state index contributed by atoms with van der Waals surface area (Å²) in [5.74, 6) is -1.09. The molecular formula is C15H25N3O4S. The number of hydrogen-bond donors (Lipinski definition) is 3. The van der Waals surface area contributed by atoms with Gasteiger partial charge in [-0.2, -0.15) is 0 Å². The molecule has 1 atom stereocenters. The smallest absolute Gasteiger partial charge is 0.408 e. The van der Waals surface area contributed by atoms with Crippen molar-refractivity contribution in [3.63, 3.8) is 0 Å². The first-order valence-corrected chi connectivity index (χ1v) is 8.38. The SMILES string of the molecule is CC(C)Nc1nc(CC[C@H](NC(=O)OC(C)(C)C)C(=O)O)cs1. The van der Waals surface area contributed by atoms with Crippen molar-refractivity contribution in [3.8, 4) is 0 Å². The van der Waals surface area contributed by atoms with Crippen molar-refractivity contribution in [2.45, 2.75) is 65.1 Å². The van der Waals surface area contributed by atoms with E-state index in [4.69, 9.17) is 4.74 Å². The Kier molecular flexibility index (Phi) is 6.80. The van der Waals surface area contributed by atoms with Crippen molar-refractivity contribution in [3.05, 3.63) is 11.1 Å². The lowest BCUT2D eigenvalue weighted by Gasteiger charge is -2.21. The van der Waals surface area contributed by atoms with Crippen LogP contribution in [0.1, 0.15) is 46.7 Å². The second kappa shape index (κ2) is 8.14. The van der Waals surface area contributed by atoms with E-state index in [1.165, 1.54) is 11.3 Å². The molecule has 0 spiro atoms. The number of ether oxygens (including phenoxy) is 1. The summed E-state index contributed by atoms with van der Waals surface area (Å²) in [7, 11) is 0. The van der Waals surface area contributed by atoms with Crippen molar-refractivity contribution in [2.75, 3.05) is 5.32 Å². The maximum absolute atomic E-state index is 11.7. The Balaban J connectivity index is 2.55. The normalized spacial score (nSPS) is 12.8. The standard InChI is InChI=1S/C15H25N3O4S/c1-9(2)16-13-17-10(8-23-13)6-7-11(12(19)20)18-14(21)22-15(3,4)5/h8-9,11H,6-7H2,1-5H3,(H,16,17)(H,18,21)(H,19,20)/t11-/m0/s1. The molecule has 0 radical (unpaired) electrons. The van der Waals surface area contributed by atoms with Crippen molar-refractivity contribution in [1.29, 1.82) is 0 Å². The highest BCUT2D eigenvalue weighted by Gasteiger charge is 2.24. The fraction of sp³-hybridized carbons (Fsp3) is 0.667. The molecule has 0 aliphatic rings. The number of aryl methyl sites for hydroxylation is 1. The minimum absolute atomic E-state index is 0.249. The van der Waals surface area contributed by atoms with Gasteiger partial charge in [0.05, 0.1) is 5.69 Å². The largest absolute Gasteiger partial charge is 0.480 e. The maximum Gasteiger partial charge on any atom is 0.408 e. The van der Waals surface area contributed by atoms with Gasteiger partial charge >= 0.3 is 12.1 Å².